The van der Waals surface area contributed by atoms with Crippen LogP contribution in [0.5, 0.6) is 0 Å². The molecule has 0 atom stereocenters. The van der Waals surface area contributed by atoms with E-state index in [-0.39, 0.29) is 32.5 Å². The maximum absolute atomic E-state index is 11.8. The summed E-state index contributed by atoms with van der Waals surface area (Å²) in [6.07, 6.45) is 1.76. The van der Waals surface area contributed by atoms with E-state index in [1.165, 1.54) is 0 Å². The molecule has 0 unspecified atom stereocenters. The van der Waals surface area contributed by atoms with Crippen LogP contribution < -0.4 is 10.6 Å². The summed E-state index contributed by atoms with van der Waals surface area (Å²) in [5, 5.41) is 5.78. The largest absolute Gasteiger partial charge is 0.379 e. The quantitative estimate of drug-likeness (QED) is 0.122. The van der Waals surface area contributed by atoms with Gasteiger partial charge in [-0.3, -0.25) is 9.59 Å². The minimum absolute atomic E-state index is 0. The Bertz CT molecular complexity index is 595. The number of hydrogen-bond acceptors (Lipinski definition) is 6. The fourth-order valence-corrected chi connectivity index (χ4v) is 3.12. The van der Waals surface area contributed by atoms with Crippen molar-refractivity contribution in [2.45, 2.75) is 34.1 Å². The van der Waals surface area contributed by atoms with E-state index in [0.717, 1.165) is 48.0 Å². The number of ether oxygens (including phenoxy) is 4. The van der Waals surface area contributed by atoms with Crippen LogP contribution in [0.1, 0.15) is 34.1 Å². The molecule has 0 aromatic carbocycles. The van der Waals surface area contributed by atoms with Crippen molar-refractivity contribution < 1.29 is 37.5 Å². The number of rotatable bonds is 22. The highest BCUT2D eigenvalue weighted by Gasteiger charge is 2.15. The Hall–Kier alpha value is -1.74. The second-order valence-electron chi connectivity index (χ2n) is 9.89. The zero-order chi connectivity index (χ0) is 27.1. The summed E-state index contributed by atoms with van der Waals surface area (Å²) in [7, 11) is 8.60. The van der Waals surface area contributed by atoms with E-state index >= 15 is 0 Å². The van der Waals surface area contributed by atoms with Gasteiger partial charge in [-0.05, 0) is 25.7 Å². The number of amides is 2. The molecule has 0 aliphatic heterocycles. The third-order valence-electron chi connectivity index (χ3n) is 5.28. The minimum Gasteiger partial charge on any atom is -0.379 e. The van der Waals surface area contributed by atoms with Gasteiger partial charge in [0.15, 0.2) is 0 Å². The summed E-state index contributed by atoms with van der Waals surface area (Å²) in [6, 6.07) is 0. The molecule has 2 amide bonds. The van der Waals surface area contributed by atoms with E-state index in [9.17, 15) is 9.59 Å². The first kappa shape index (κ1) is 37.4. The van der Waals surface area contributed by atoms with Gasteiger partial charge in [0.1, 0.15) is 26.3 Å². The zero-order valence-corrected chi connectivity index (χ0v) is 23.7. The second kappa shape index (κ2) is 23.4. The first-order chi connectivity index (χ1) is 17.1. The van der Waals surface area contributed by atoms with E-state index in [2.05, 4.69) is 50.7 Å². The number of nitrogens with one attached hydrogen (secondary N) is 2. The van der Waals surface area contributed by atoms with Gasteiger partial charge in [-0.15, -0.1) is 0 Å². The third-order valence-corrected chi connectivity index (χ3v) is 5.28. The van der Waals surface area contributed by atoms with Crippen molar-refractivity contribution in [1.29, 1.82) is 0 Å². The van der Waals surface area contributed by atoms with E-state index in [0.29, 0.717) is 52.7 Å². The smallest absolute Gasteiger partial charge is 0.246 e. The first-order valence-electron chi connectivity index (χ1n) is 13.1. The lowest BCUT2D eigenvalue weighted by molar-refractivity contribution is -0.884. The molecule has 0 rings (SSSR count). The molecule has 0 aromatic rings. The van der Waals surface area contributed by atoms with Gasteiger partial charge in [0.2, 0.25) is 11.8 Å². The molecule has 0 saturated heterocycles. The summed E-state index contributed by atoms with van der Waals surface area (Å²) >= 11 is 0. The SMILES string of the molecule is C.CCOCCOCC(=O)NCCC[N+](C)(C)CC#CC[N+](C)(C)CCCNC(=O)COCCOCC. The summed E-state index contributed by atoms with van der Waals surface area (Å²) in [5.74, 6) is 6.44. The summed E-state index contributed by atoms with van der Waals surface area (Å²) in [6.45, 7) is 11.8. The van der Waals surface area contributed by atoms with Crippen molar-refractivity contribution in [3.8, 4) is 11.8 Å². The molecule has 0 bridgehead atoms. The Morgan fingerprint density at radius 3 is 1.35 bits per heavy atom. The van der Waals surface area contributed by atoms with Crippen LogP contribution in [0.15, 0.2) is 0 Å². The zero-order valence-electron chi connectivity index (χ0n) is 23.7. The van der Waals surface area contributed by atoms with Gasteiger partial charge in [-0.2, -0.15) is 0 Å². The van der Waals surface area contributed by atoms with Crippen molar-refractivity contribution in [3.63, 3.8) is 0 Å². The molecule has 0 radical (unpaired) electrons. The molecule has 218 valence electrons. The molecule has 0 aliphatic carbocycles. The summed E-state index contributed by atoms with van der Waals surface area (Å²) in [4.78, 5) is 23.5. The predicted octanol–water partition coefficient (Wildman–Crippen LogP) is 0.898. The van der Waals surface area contributed by atoms with Gasteiger partial charge in [0.05, 0.1) is 67.7 Å². The molecule has 10 nitrogen and oxygen atoms in total. The van der Waals surface area contributed by atoms with E-state index in [4.69, 9.17) is 18.9 Å². The Balaban J connectivity index is 0. The van der Waals surface area contributed by atoms with Gasteiger partial charge in [0.25, 0.3) is 0 Å². The monoisotopic (exact) mass is 532 g/mol. The van der Waals surface area contributed by atoms with Crippen molar-refractivity contribution in [1.82, 2.24) is 10.6 Å². The van der Waals surface area contributed by atoms with Gasteiger partial charge in [-0.25, -0.2) is 0 Å². The summed E-state index contributed by atoms with van der Waals surface area (Å²) in [5.41, 5.74) is 0. The normalized spacial score (nSPS) is 11.3. The van der Waals surface area contributed by atoms with Crippen LogP contribution in [-0.4, -0.2) is 141 Å². The standard InChI is InChI=1S/C26H50N4O6.CH4/c1-7-33-19-21-35-23-25(31)27-13-11-17-29(3,4)15-9-10-16-30(5,6)18-12-14-28-26(32)24-36-22-20-34-8-2;/h7-8,11-24H2,1-6H3;1H4/p+2. The molecule has 0 aromatic heterocycles. The molecule has 10 heteroatoms. The van der Waals surface area contributed by atoms with Crippen molar-refractivity contribution in [2.75, 3.05) is 120 Å². The fraction of sp³-hybridized carbons (Fsp3) is 0.852. The average Bonchev–Trinajstić information content (AvgIpc) is 2.82. The predicted molar refractivity (Wildman–Crippen MR) is 148 cm³/mol. The highest BCUT2D eigenvalue weighted by atomic mass is 16.5. The van der Waals surface area contributed by atoms with Crippen LogP contribution in [0, 0.1) is 11.8 Å². The Morgan fingerprint density at radius 2 is 1.00 bits per heavy atom. The maximum Gasteiger partial charge on any atom is 0.246 e. The lowest BCUT2D eigenvalue weighted by atomic mass is 10.3. The van der Waals surface area contributed by atoms with Crippen LogP contribution in [0.4, 0.5) is 0 Å². The molecular weight excluding hydrogens is 476 g/mol. The summed E-state index contributed by atoms with van der Waals surface area (Å²) < 4.78 is 22.4. The van der Waals surface area contributed by atoms with Gasteiger partial charge >= 0.3 is 0 Å². The van der Waals surface area contributed by atoms with Crippen molar-refractivity contribution in [2.24, 2.45) is 0 Å². The topological polar surface area (TPSA) is 95.1 Å². The van der Waals surface area contributed by atoms with Crippen molar-refractivity contribution >= 4 is 11.8 Å². The number of carbonyl (C=O) groups excluding carboxylic acids is 2. The number of carbonyl (C=O) groups is 2. The molecular formula is C27H56N4O6+2. The Morgan fingerprint density at radius 1 is 0.649 bits per heavy atom. The van der Waals surface area contributed by atoms with Gasteiger partial charge < -0.3 is 38.5 Å². The third kappa shape index (κ3) is 25.7. The van der Waals surface area contributed by atoms with E-state index in [1.54, 1.807) is 0 Å². The maximum atomic E-state index is 11.8. The van der Waals surface area contributed by atoms with Crippen LogP contribution >= 0.6 is 0 Å². The second-order valence-corrected chi connectivity index (χ2v) is 9.89. The molecule has 0 spiro atoms. The van der Waals surface area contributed by atoms with Crippen LogP contribution in [0.25, 0.3) is 0 Å². The first-order valence-corrected chi connectivity index (χ1v) is 13.1. The molecule has 0 saturated carbocycles. The highest BCUT2D eigenvalue weighted by Crippen LogP contribution is 2.00. The van der Waals surface area contributed by atoms with Crippen LogP contribution in [0.3, 0.4) is 0 Å². The van der Waals surface area contributed by atoms with Crippen LogP contribution in [0.2, 0.25) is 0 Å². The van der Waals surface area contributed by atoms with E-state index in [1.807, 2.05) is 13.8 Å². The number of nitrogens with zero attached hydrogens (tertiary/aromatic N) is 2. The average molecular weight is 533 g/mol. The molecule has 0 heterocycles. The fourth-order valence-electron chi connectivity index (χ4n) is 3.12. The molecule has 0 fully saturated rings. The Kier molecular flexibility index (Phi) is 23.6. The Labute approximate surface area is 226 Å². The number of hydrogen-bond donors (Lipinski definition) is 2. The van der Waals surface area contributed by atoms with Crippen LogP contribution in [-0.2, 0) is 28.5 Å². The molecule has 0 aliphatic rings. The van der Waals surface area contributed by atoms with Gasteiger partial charge in [0, 0.05) is 39.1 Å². The highest BCUT2D eigenvalue weighted by molar-refractivity contribution is 5.77. The molecule has 2 N–H and O–H groups in total. The minimum atomic E-state index is -0.0954. The van der Waals surface area contributed by atoms with Crippen molar-refractivity contribution in [3.05, 3.63) is 0 Å². The molecule has 37 heavy (non-hydrogen) atoms. The number of quaternary nitrogens is 2. The van der Waals surface area contributed by atoms with Gasteiger partial charge in [-0.1, -0.05) is 7.43 Å². The lowest BCUT2D eigenvalue weighted by Gasteiger charge is -2.28. The van der Waals surface area contributed by atoms with E-state index < -0.39 is 0 Å². The lowest BCUT2D eigenvalue weighted by Crippen LogP contribution is -2.43.